The van der Waals surface area contributed by atoms with Crippen LogP contribution in [0.2, 0.25) is 0 Å². The van der Waals surface area contributed by atoms with E-state index in [2.05, 4.69) is 20.6 Å². The molecule has 0 unspecified atom stereocenters. The van der Waals surface area contributed by atoms with Crippen molar-refractivity contribution < 1.29 is 4.79 Å². The number of carbonyl (C=O) groups excluding carboxylic acids is 1. The van der Waals surface area contributed by atoms with E-state index in [1.807, 2.05) is 0 Å². The van der Waals surface area contributed by atoms with Crippen LogP contribution in [0.1, 0.15) is 18.5 Å². The van der Waals surface area contributed by atoms with Gasteiger partial charge in [-0.1, -0.05) is 0 Å². The molecule has 0 bridgehead atoms. The first-order chi connectivity index (χ1) is 6.84. The smallest absolute Gasteiger partial charge is 0.315 e. The van der Waals surface area contributed by atoms with Crippen LogP contribution in [-0.4, -0.2) is 22.0 Å². The molecule has 0 saturated heterocycles. The van der Waals surface area contributed by atoms with Gasteiger partial charge in [-0.2, -0.15) is 0 Å². The summed E-state index contributed by atoms with van der Waals surface area (Å²) in [6, 6.07) is 2.05. The van der Waals surface area contributed by atoms with Crippen molar-refractivity contribution >= 4 is 6.03 Å². The Hall–Kier alpha value is -1.65. The Bertz CT molecular complexity index is 310. The molecular formula is C9H12N4O. The zero-order valence-electron chi connectivity index (χ0n) is 7.73. The molecule has 0 atom stereocenters. The van der Waals surface area contributed by atoms with Crippen LogP contribution in [0.25, 0.3) is 0 Å². The number of urea groups is 1. The third kappa shape index (κ3) is 2.69. The number of carbonyl (C=O) groups is 1. The largest absolute Gasteiger partial charge is 0.335 e. The maximum atomic E-state index is 11.2. The second-order valence-electron chi connectivity index (χ2n) is 3.30. The highest BCUT2D eigenvalue weighted by atomic mass is 16.2. The summed E-state index contributed by atoms with van der Waals surface area (Å²) in [7, 11) is 0. The van der Waals surface area contributed by atoms with E-state index >= 15 is 0 Å². The molecule has 1 saturated carbocycles. The van der Waals surface area contributed by atoms with Gasteiger partial charge in [-0.3, -0.25) is 0 Å². The van der Waals surface area contributed by atoms with Gasteiger partial charge in [0.05, 0.1) is 12.2 Å². The third-order valence-electron chi connectivity index (χ3n) is 1.99. The van der Waals surface area contributed by atoms with Gasteiger partial charge in [-0.05, 0) is 18.9 Å². The highest BCUT2D eigenvalue weighted by Crippen LogP contribution is 2.18. The van der Waals surface area contributed by atoms with Gasteiger partial charge in [0.1, 0.15) is 6.33 Å². The normalized spacial score (nSPS) is 14.9. The SMILES string of the molecule is O=C(NCc1ccncn1)NC1CC1. The van der Waals surface area contributed by atoms with E-state index in [0.717, 1.165) is 18.5 Å². The molecule has 5 heteroatoms. The van der Waals surface area contributed by atoms with Crippen molar-refractivity contribution in [1.29, 1.82) is 0 Å². The van der Waals surface area contributed by atoms with Crippen LogP contribution in [0, 0.1) is 0 Å². The van der Waals surface area contributed by atoms with Gasteiger partial charge in [-0.15, -0.1) is 0 Å². The van der Waals surface area contributed by atoms with Crippen molar-refractivity contribution in [3.63, 3.8) is 0 Å². The molecule has 1 aromatic heterocycles. The lowest BCUT2D eigenvalue weighted by Gasteiger charge is -2.05. The number of hydrogen-bond donors (Lipinski definition) is 2. The molecule has 0 spiro atoms. The first-order valence-electron chi connectivity index (χ1n) is 4.64. The molecular weight excluding hydrogens is 180 g/mol. The lowest BCUT2D eigenvalue weighted by atomic mass is 10.4. The maximum absolute atomic E-state index is 11.2. The summed E-state index contributed by atoms with van der Waals surface area (Å²) >= 11 is 0. The van der Waals surface area contributed by atoms with Crippen LogP contribution in [0.15, 0.2) is 18.6 Å². The Labute approximate surface area is 82.0 Å². The van der Waals surface area contributed by atoms with E-state index in [1.54, 1.807) is 12.3 Å². The van der Waals surface area contributed by atoms with Gasteiger partial charge in [0.2, 0.25) is 0 Å². The zero-order valence-corrected chi connectivity index (χ0v) is 7.73. The average molecular weight is 192 g/mol. The Kier molecular flexibility index (Phi) is 2.58. The van der Waals surface area contributed by atoms with E-state index in [0.29, 0.717) is 12.6 Å². The van der Waals surface area contributed by atoms with E-state index in [-0.39, 0.29) is 6.03 Å². The Morgan fingerprint density at radius 1 is 1.57 bits per heavy atom. The third-order valence-corrected chi connectivity index (χ3v) is 1.99. The molecule has 2 amide bonds. The summed E-state index contributed by atoms with van der Waals surface area (Å²) < 4.78 is 0. The average Bonchev–Trinajstić information content (AvgIpc) is 3.00. The van der Waals surface area contributed by atoms with Gasteiger partial charge in [0.25, 0.3) is 0 Å². The molecule has 14 heavy (non-hydrogen) atoms. The highest BCUT2D eigenvalue weighted by Gasteiger charge is 2.22. The Morgan fingerprint density at radius 3 is 3.07 bits per heavy atom. The molecule has 0 aliphatic heterocycles. The van der Waals surface area contributed by atoms with Crippen LogP contribution in [0.4, 0.5) is 4.79 Å². The van der Waals surface area contributed by atoms with Gasteiger partial charge in [-0.25, -0.2) is 14.8 Å². The number of hydrogen-bond acceptors (Lipinski definition) is 3. The van der Waals surface area contributed by atoms with Crippen molar-refractivity contribution in [3.05, 3.63) is 24.3 Å². The number of nitrogens with one attached hydrogen (secondary N) is 2. The van der Waals surface area contributed by atoms with Crippen molar-refractivity contribution in [2.24, 2.45) is 0 Å². The summed E-state index contributed by atoms with van der Waals surface area (Å²) in [6.45, 7) is 0.446. The molecule has 5 nitrogen and oxygen atoms in total. The molecule has 2 N–H and O–H groups in total. The molecule has 74 valence electrons. The molecule has 0 radical (unpaired) electrons. The lowest BCUT2D eigenvalue weighted by Crippen LogP contribution is -2.36. The minimum absolute atomic E-state index is 0.119. The Balaban J connectivity index is 1.73. The Morgan fingerprint density at radius 2 is 2.43 bits per heavy atom. The minimum atomic E-state index is -0.119. The fraction of sp³-hybridized carbons (Fsp3) is 0.444. The van der Waals surface area contributed by atoms with Crippen molar-refractivity contribution in [2.75, 3.05) is 0 Å². The molecule has 1 fully saturated rings. The standard InChI is InChI=1S/C9H12N4O/c14-9(13-7-1-2-7)11-5-8-3-4-10-6-12-8/h3-4,6-7H,1-2,5H2,(H2,11,13,14). The number of amides is 2. The van der Waals surface area contributed by atoms with Gasteiger partial charge in [0.15, 0.2) is 0 Å². The molecule has 1 aromatic rings. The van der Waals surface area contributed by atoms with Crippen molar-refractivity contribution in [3.8, 4) is 0 Å². The predicted molar refractivity (Wildman–Crippen MR) is 50.4 cm³/mol. The first kappa shape index (κ1) is 8.93. The second-order valence-corrected chi connectivity index (χ2v) is 3.30. The number of nitrogens with zero attached hydrogens (tertiary/aromatic N) is 2. The lowest BCUT2D eigenvalue weighted by molar-refractivity contribution is 0.240. The van der Waals surface area contributed by atoms with E-state index in [4.69, 9.17) is 0 Å². The van der Waals surface area contributed by atoms with E-state index in [9.17, 15) is 4.79 Å². The van der Waals surface area contributed by atoms with Crippen LogP contribution < -0.4 is 10.6 Å². The fourth-order valence-electron chi connectivity index (χ4n) is 1.06. The van der Waals surface area contributed by atoms with Crippen LogP contribution in [0.5, 0.6) is 0 Å². The summed E-state index contributed by atoms with van der Waals surface area (Å²) in [6.07, 6.45) is 5.32. The highest BCUT2D eigenvalue weighted by molar-refractivity contribution is 5.74. The minimum Gasteiger partial charge on any atom is -0.335 e. The summed E-state index contributed by atoms with van der Waals surface area (Å²) in [5, 5.41) is 5.56. The quantitative estimate of drug-likeness (QED) is 0.730. The van der Waals surface area contributed by atoms with Gasteiger partial charge >= 0.3 is 6.03 Å². The topological polar surface area (TPSA) is 66.9 Å². The second kappa shape index (κ2) is 4.04. The van der Waals surface area contributed by atoms with Gasteiger partial charge in [0, 0.05) is 12.2 Å². The summed E-state index contributed by atoms with van der Waals surface area (Å²) in [5.74, 6) is 0. The summed E-state index contributed by atoms with van der Waals surface area (Å²) in [5.41, 5.74) is 0.811. The molecule has 0 aromatic carbocycles. The molecule has 1 heterocycles. The van der Waals surface area contributed by atoms with E-state index < -0.39 is 0 Å². The van der Waals surface area contributed by atoms with Crippen molar-refractivity contribution in [2.45, 2.75) is 25.4 Å². The molecule has 1 aliphatic rings. The molecule has 2 rings (SSSR count). The van der Waals surface area contributed by atoms with E-state index in [1.165, 1.54) is 6.33 Å². The van der Waals surface area contributed by atoms with Crippen LogP contribution in [0.3, 0.4) is 0 Å². The van der Waals surface area contributed by atoms with Crippen LogP contribution in [-0.2, 0) is 6.54 Å². The van der Waals surface area contributed by atoms with Crippen LogP contribution >= 0.6 is 0 Å². The fourth-order valence-corrected chi connectivity index (χ4v) is 1.06. The number of aromatic nitrogens is 2. The predicted octanol–water partition coefficient (Wildman–Crippen LogP) is 0.438. The summed E-state index contributed by atoms with van der Waals surface area (Å²) in [4.78, 5) is 19.0. The number of rotatable bonds is 3. The van der Waals surface area contributed by atoms with Gasteiger partial charge < -0.3 is 10.6 Å². The maximum Gasteiger partial charge on any atom is 0.315 e. The first-order valence-corrected chi connectivity index (χ1v) is 4.64. The van der Waals surface area contributed by atoms with Crippen molar-refractivity contribution in [1.82, 2.24) is 20.6 Å². The molecule has 1 aliphatic carbocycles. The zero-order chi connectivity index (χ0) is 9.80. The monoisotopic (exact) mass is 192 g/mol.